The molecule has 0 amide bonds. The van der Waals surface area contributed by atoms with Gasteiger partial charge < -0.3 is 4.18 Å². The average molecular weight is 363 g/mol. The van der Waals surface area contributed by atoms with Gasteiger partial charge in [0.2, 0.25) is 9.63 Å². The molecule has 2 bridgehead atoms. The first-order valence-electron chi connectivity index (χ1n) is 7.70. The summed E-state index contributed by atoms with van der Waals surface area (Å²) < 4.78 is 64.6. The van der Waals surface area contributed by atoms with E-state index in [0.717, 1.165) is 18.4 Å². The fourth-order valence-electron chi connectivity index (χ4n) is 3.28. The van der Waals surface area contributed by atoms with Gasteiger partial charge in [0, 0.05) is 25.0 Å². The van der Waals surface area contributed by atoms with Crippen molar-refractivity contribution in [3.8, 4) is 0 Å². The van der Waals surface area contributed by atoms with Crippen LogP contribution in [0, 0.1) is 0 Å². The van der Waals surface area contributed by atoms with Crippen molar-refractivity contribution in [3.05, 3.63) is 47.7 Å². The molecule has 1 aromatic rings. The molecule has 2 aliphatic rings. The lowest BCUT2D eigenvalue weighted by atomic mass is 10.1. The molecule has 0 aliphatic carbocycles. The molecule has 4 nitrogen and oxygen atoms in total. The van der Waals surface area contributed by atoms with Crippen LogP contribution in [-0.2, 0) is 20.4 Å². The second-order valence-corrected chi connectivity index (χ2v) is 9.54. The van der Waals surface area contributed by atoms with Gasteiger partial charge >= 0.3 is 5.51 Å². The molecule has 2 aliphatic heterocycles. The van der Waals surface area contributed by atoms with Gasteiger partial charge in [-0.1, -0.05) is 30.3 Å². The Morgan fingerprint density at radius 2 is 1.96 bits per heavy atom. The smallest absolute Gasteiger partial charge is 0.402 e. The zero-order valence-corrected chi connectivity index (χ0v) is 14.0. The van der Waals surface area contributed by atoms with E-state index in [4.69, 9.17) is 0 Å². The lowest BCUT2D eigenvalue weighted by Gasteiger charge is -2.39. The fourth-order valence-corrected chi connectivity index (χ4v) is 4.00. The monoisotopic (exact) mass is 363 g/mol. The highest BCUT2D eigenvalue weighted by Crippen LogP contribution is 2.45. The molecule has 1 N–H and O–H groups in total. The first-order valence-corrected chi connectivity index (χ1v) is 9.95. The molecule has 3 rings (SSSR count). The second kappa shape index (κ2) is 5.57. The summed E-state index contributed by atoms with van der Waals surface area (Å²) in [6.07, 6.45) is 3.62. The van der Waals surface area contributed by atoms with Crippen LogP contribution in [0.3, 0.4) is 0 Å². The summed E-state index contributed by atoms with van der Waals surface area (Å²) >= 11 is 0. The largest absolute Gasteiger partial charge is 0.503 e. The van der Waals surface area contributed by atoms with Gasteiger partial charge in [-0.25, -0.2) is 4.21 Å². The van der Waals surface area contributed by atoms with E-state index in [9.17, 15) is 21.9 Å². The first kappa shape index (κ1) is 17.4. The molecule has 2 atom stereocenters. The summed E-state index contributed by atoms with van der Waals surface area (Å²) in [5, 5.41) is 0. The number of nitrogens with zero attached hydrogens (tertiary/aromatic N) is 1. The molecule has 0 spiro atoms. The fraction of sp³-hybridized carbons (Fsp3) is 0.500. The Morgan fingerprint density at radius 1 is 1.29 bits per heavy atom. The SMILES string of the molecule is CS(=O)(O)(OC1=CC2CCC(C1)N2Cc1ccccc1)C(F)(F)F. The van der Waals surface area contributed by atoms with E-state index in [1.54, 1.807) is 6.08 Å². The Hall–Kier alpha value is -1.38. The van der Waals surface area contributed by atoms with Gasteiger partial charge in [0.05, 0.1) is 6.26 Å². The Labute approximate surface area is 138 Å². The topological polar surface area (TPSA) is 49.8 Å². The molecule has 24 heavy (non-hydrogen) atoms. The summed E-state index contributed by atoms with van der Waals surface area (Å²) in [4.78, 5) is 2.21. The van der Waals surface area contributed by atoms with E-state index in [1.165, 1.54) is 0 Å². The van der Waals surface area contributed by atoms with E-state index < -0.39 is 15.1 Å². The molecule has 2 heterocycles. The minimum atomic E-state index is -6.16. The maximum absolute atomic E-state index is 12.9. The minimum Gasteiger partial charge on any atom is -0.402 e. The number of hydrogen-bond donors (Lipinski definition) is 1. The number of alkyl halides is 3. The minimum absolute atomic E-state index is 0.0200. The number of halogens is 3. The zero-order chi connectivity index (χ0) is 17.6. The van der Waals surface area contributed by atoms with Crippen molar-refractivity contribution >= 4 is 9.63 Å². The second-order valence-electron chi connectivity index (χ2n) is 6.52. The molecular weight excluding hydrogens is 343 g/mol. The van der Waals surface area contributed by atoms with E-state index in [2.05, 4.69) is 9.08 Å². The zero-order valence-electron chi connectivity index (χ0n) is 13.2. The van der Waals surface area contributed by atoms with Crippen molar-refractivity contribution in [3.63, 3.8) is 0 Å². The predicted molar refractivity (Wildman–Crippen MR) is 85.3 cm³/mol. The van der Waals surface area contributed by atoms with E-state index in [-0.39, 0.29) is 30.5 Å². The van der Waals surface area contributed by atoms with Gasteiger partial charge in [-0.15, -0.1) is 0 Å². The van der Waals surface area contributed by atoms with Gasteiger partial charge in [0.15, 0.2) is 0 Å². The van der Waals surface area contributed by atoms with Crippen molar-refractivity contribution < 1.29 is 26.1 Å². The van der Waals surface area contributed by atoms with E-state index >= 15 is 0 Å². The molecule has 0 radical (unpaired) electrons. The van der Waals surface area contributed by atoms with E-state index in [0.29, 0.717) is 6.54 Å². The van der Waals surface area contributed by atoms with Gasteiger partial charge in [-0.3, -0.25) is 9.45 Å². The average Bonchev–Trinajstić information content (AvgIpc) is 2.68. The van der Waals surface area contributed by atoms with Crippen LogP contribution in [0.5, 0.6) is 0 Å². The Kier molecular flexibility index (Phi) is 4.05. The van der Waals surface area contributed by atoms with Crippen LogP contribution < -0.4 is 0 Å². The molecule has 2 unspecified atom stereocenters. The highest BCUT2D eigenvalue weighted by molar-refractivity contribution is 8.11. The normalized spacial score (nSPS) is 26.5. The van der Waals surface area contributed by atoms with Crippen LogP contribution in [0.25, 0.3) is 0 Å². The molecule has 1 fully saturated rings. The van der Waals surface area contributed by atoms with Crippen LogP contribution in [0.1, 0.15) is 24.8 Å². The highest BCUT2D eigenvalue weighted by atomic mass is 32.3. The Morgan fingerprint density at radius 3 is 2.54 bits per heavy atom. The van der Waals surface area contributed by atoms with Crippen LogP contribution in [-0.4, -0.2) is 37.5 Å². The van der Waals surface area contributed by atoms with Crippen LogP contribution in [0.2, 0.25) is 0 Å². The van der Waals surface area contributed by atoms with Crippen molar-refractivity contribution in [2.45, 2.75) is 43.4 Å². The van der Waals surface area contributed by atoms with Gasteiger partial charge in [-0.05, 0) is 24.5 Å². The van der Waals surface area contributed by atoms with Crippen molar-refractivity contribution in [2.75, 3.05) is 6.26 Å². The first-order chi connectivity index (χ1) is 11.0. The maximum Gasteiger partial charge on any atom is 0.503 e. The van der Waals surface area contributed by atoms with E-state index in [1.807, 2.05) is 30.3 Å². The van der Waals surface area contributed by atoms with Crippen LogP contribution >= 0.6 is 0 Å². The quantitative estimate of drug-likeness (QED) is 0.887. The van der Waals surface area contributed by atoms with Gasteiger partial charge in [0.25, 0.3) is 0 Å². The molecule has 8 heteroatoms. The molecule has 134 valence electrons. The summed E-state index contributed by atoms with van der Waals surface area (Å²) in [6, 6.07) is 9.76. The molecule has 1 aromatic carbocycles. The lowest BCUT2D eigenvalue weighted by Crippen LogP contribution is -2.49. The van der Waals surface area contributed by atoms with Crippen LogP contribution in [0.15, 0.2) is 42.2 Å². The summed E-state index contributed by atoms with van der Waals surface area (Å²) in [5.74, 6) is -0.0360. The third kappa shape index (κ3) is 3.22. The highest BCUT2D eigenvalue weighted by Gasteiger charge is 2.59. The van der Waals surface area contributed by atoms with Gasteiger partial charge in [-0.2, -0.15) is 13.2 Å². The third-order valence-corrected chi connectivity index (χ3v) is 6.20. The van der Waals surface area contributed by atoms with Gasteiger partial charge in [0.1, 0.15) is 5.76 Å². The molecule has 0 aromatic heterocycles. The standard InChI is InChI=1S/C16H20F3NO3S/c1-24(21,22,16(17,18)19)23-15-9-13-7-8-14(10-15)20(13)11-12-5-3-2-4-6-12/h2-6,9,13-14H,7-8,10-11H2,1H3,(H,21,22). The summed E-state index contributed by atoms with van der Waals surface area (Å²) in [7, 11) is -6.16. The van der Waals surface area contributed by atoms with Crippen molar-refractivity contribution in [1.82, 2.24) is 4.90 Å². The predicted octanol–water partition coefficient (Wildman–Crippen LogP) is 3.68. The van der Waals surface area contributed by atoms with Crippen LogP contribution in [0.4, 0.5) is 13.2 Å². The number of benzene rings is 1. The number of hydrogen-bond acceptors (Lipinski definition) is 3. The third-order valence-electron chi connectivity index (χ3n) is 4.54. The maximum atomic E-state index is 12.9. The van der Waals surface area contributed by atoms with Crippen molar-refractivity contribution in [1.29, 1.82) is 0 Å². The molecule has 0 saturated carbocycles. The Balaban J connectivity index is 1.77. The summed E-state index contributed by atoms with van der Waals surface area (Å²) in [5.41, 5.74) is -4.19. The summed E-state index contributed by atoms with van der Waals surface area (Å²) in [6.45, 7) is 0.698. The number of fused-ring (bicyclic) bond motifs is 2. The Bertz CT molecular complexity index is 711. The molecular formula is C16H20F3NO3S. The lowest BCUT2D eigenvalue weighted by molar-refractivity contribution is -0.0655. The molecule has 1 saturated heterocycles. The van der Waals surface area contributed by atoms with Crippen molar-refractivity contribution in [2.24, 2.45) is 0 Å². The number of rotatable bonds is 4.